The molecule has 68 valence electrons. The van der Waals surface area contributed by atoms with E-state index >= 15 is 0 Å². The minimum Gasteiger partial charge on any atom is -0.191 e. The van der Waals surface area contributed by atoms with E-state index < -0.39 is 13.3 Å². The van der Waals surface area contributed by atoms with Gasteiger partial charge in [0, 0.05) is 0 Å². The molecule has 0 bridgehead atoms. The van der Waals surface area contributed by atoms with E-state index in [-0.39, 0.29) is 0 Å². The van der Waals surface area contributed by atoms with Gasteiger partial charge in [-0.25, -0.2) is 0 Å². The predicted octanol–water partition coefficient (Wildman–Crippen LogP) is 4.06. The topological polar surface area (TPSA) is 0 Å². The number of alkyl halides is 8. The van der Waals surface area contributed by atoms with Gasteiger partial charge in [-0.15, -0.1) is 0 Å². The Balaban J connectivity index is 4.75. The summed E-state index contributed by atoms with van der Waals surface area (Å²) >= 11 is 4.10. The van der Waals surface area contributed by atoms with Gasteiger partial charge in [-0.1, -0.05) is 15.9 Å². The van der Waals surface area contributed by atoms with Crippen LogP contribution in [0.3, 0.4) is 0 Å². The Hall–Kier alpha value is 1.34. The molecule has 11 heavy (non-hydrogen) atoms. The van der Waals surface area contributed by atoms with Gasteiger partial charge in [0.15, 0.2) is 0 Å². The summed E-state index contributed by atoms with van der Waals surface area (Å²) in [6.45, 7) is 0. The molecule has 1 unspecified atom stereocenters. The van der Waals surface area contributed by atoms with Gasteiger partial charge in [0.25, 0.3) is 0 Å². The second kappa shape index (κ2) is 3.24. The summed E-state index contributed by atoms with van der Waals surface area (Å²) < 4.78 is 56.3. The minimum atomic E-state index is -5.01. The van der Waals surface area contributed by atoms with Crippen LogP contribution in [0.1, 0.15) is 0 Å². The molecule has 0 aromatic heterocycles. The van der Waals surface area contributed by atoms with Crippen molar-refractivity contribution in [2.75, 3.05) is 0 Å². The van der Waals surface area contributed by atoms with Crippen molar-refractivity contribution in [3.63, 3.8) is 0 Å². The van der Waals surface area contributed by atoms with Crippen molar-refractivity contribution in [1.29, 1.82) is 0 Å². The quantitative estimate of drug-likeness (QED) is 0.343. The van der Waals surface area contributed by atoms with Crippen molar-refractivity contribution in [3.8, 4) is 0 Å². The highest BCUT2D eigenvalue weighted by molar-refractivity contribution is 14.1. The zero-order chi connectivity index (χ0) is 9.50. The van der Waals surface area contributed by atoms with Crippen LogP contribution in [0.25, 0.3) is 0 Å². The van der Waals surface area contributed by atoms with Crippen molar-refractivity contribution in [2.45, 2.75) is 13.3 Å². The number of rotatable bonds is 1. The maximum atomic E-state index is 12.1. The van der Waals surface area contributed by atoms with E-state index in [0.717, 1.165) is 0 Å². The molecule has 0 heterocycles. The lowest BCUT2D eigenvalue weighted by molar-refractivity contribution is -0.160. The van der Waals surface area contributed by atoms with E-state index in [0.29, 0.717) is 22.6 Å². The van der Waals surface area contributed by atoms with Crippen LogP contribution in [0.2, 0.25) is 0 Å². The van der Waals surface area contributed by atoms with Crippen LogP contribution in [0, 0.1) is 0 Å². The van der Waals surface area contributed by atoms with Gasteiger partial charge in [0.2, 0.25) is 2.33 Å². The molecule has 0 fully saturated rings. The Kier molecular flexibility index (Phi) is 3.64. The molecule has 0 radical (unpaired) electrons. The van der Waals surface area contributed by atoms with Crippen LogP contribution in [-0.4, -0.2) is 13.3 Å². The van der Waals surface area contributed by atoms with Crippen LogP contribution in [-0.2, 0) is 0 Å². The van der Waals surface area contributed by atoms with Gasteiger partial charge in [0.1, 0.15) is 0 Å². The summed E-state index contributed by atoms with van der Waals surface area (Å²) in [5, 5.41) is 0. The van der Waals surface area contributed by atoms with Crippen molar-refractivity contribution in [3.05, 3.63) is 0 Å². The van der Waals surface area contributed by atoms with Crippen LogP contribution in [0.4, 0.5) is 22.0 Å². The molecule has 8 heteroatoms. The Bertz CT molecular complexity index is 131. The molecule has 0 rings (SSSR count). The molecular formula is C3Br2F5I. The summed E-state index contributed by atoms with van der Waals surface area (Å²) in [6, 6.07) is 0. The number of hydrogen-bond donors (Lipinski definition) is 0. The van der Waals surface area contributed by atoms with Crippen LogP contribution in [0.5, 0.6) is 0 Å². The molecule has 0 spiro atoms. The second-order valence-corrected chi connectivity index (χ2v) is 6.86. The minimum absolute atomic E-state index is 0.584. The Morgan fingerprint density at radius 2 is 1.18 bits per heavy atom. The lowest BCUT2D eigenvalue weighted by atomic mass is 10.4. The van der Waals surface area contributed by atoms with Crippen molar-refractivity contribution < 1.29 is 22.0 Å². The maximum absolute atomic E-state index is 12.1. The molecule has 0 N–H and O–H groups in total. The van der Waals surface area contributed by atoms with Crippen LogP contribution in [0.15, 0.2) is 0 Å². The Morgan fingerprint density at radius 1 is 0.909 bits per heavy atom. The largest absolute Gasteiger partial charge is 0.419 e. The molecule has 0 nitrogen and oxygen atoms in total. The first-order chi connectivity index (χ1) is 4.50. The van der Waals surface area contributed by atoms with Gasteiger partial charge >= 0.3 is 11.0 Å². The normalized spacial score (nSPS) is 19.6. The van der Waals surface area contributed by atoms with Gasteiger partial charge in [-0.3, -0.25) is 0 Å². The molecule has 0 amide bonds. The SMILES string of the molecule is FC(F)(F)C(Br)(I)C(F)(F)Br. The first kappa shape index (κ1) is 12.3. The van der Waals surface area contributed by atoms with Crippen molar-refractivity contribution >= 4 is 54.5 Å². The lowest BCUT2D eigenvalue weighted by Crippen LogP contribution is -2.45. The standard InChI is InChI=1S/C3Br2F5I/c4-1(11,2(5,6)7)3(8,9)10. The molecule has 0 aliphatic carbocycles. The van der Waals surface area contributed by atoms with Gasteiger partial charge in [0.05, 0.1) is 0 Å². The highest BCUT2D eigenvalue weighted by Gasteiger charge is 2.66. The van der Waals surface area contributed by atoms with Crippen molar-refractivity contribution in [2.24, 2.45) is 0 Å². The molecule has 0 saturated carbocycles. The summed E-state index contributed by atoms with van der Waals surface area (Å²) in [5.74, 6) is 0. The molecule has 0 aliphatic rings. The van der Waals surface area contributed by atoms with Crippen LogP contribution < -0.4 is 0 Å². The molecule has 0 aromatic rings. The molecule has 1 atom stereocenters. The third-order valence-electron chi connectivity index (χ3n) is 0.712. The zero-order valence-corrected chi connectivity index (χ0v) is 9.85. The van der Waals surface area contributed by atoms with E-state index in [1.165, 1.54) is 0 Å². The van der Waals surface area contributed by atoms with E-state index in [1.807, 2.05) is 15.9 Å². The van der Waals surface area contributed by atoms with Crippen molar-refractivity contribution in [1.82, 2.24) is 0 Å². The molecular weight excluding hydrogens is 418 g/mol. The summed E-state index contributed by atoms with van der Waals surface area (Å²) in [4.78, 5) is -4.03. The number of halogens is 8. The monoisotopic (exact) mass is 416 g/mol. The van der Waals surface area contributed by atoms with E-state index in [1.54, 1.807) is 15.9 Å². The summed E-state index contributed by atoms with van der Waals surface area (Å²) in [7, 11) is 0. The van der Waals surface area contributed by atoms with Crippen LogP contribution >= 0.6 is 54.5 Å². The Labute approximate surface area is 89.3 Å². The summed E-state index contributed by atoms with van der Waals surface area (Å²) in [5.41, 5.74) is 0. The average Bonchev–Trinajstić information content (AvgIpc) is 1.58. The first-order valence-electron chi connectivity index (χ1n) is 2.01. The first-order valence-corrected chi connectivity index (χ1v) is 4.68. The zero-order valence-electron chi connectivity index (χ0n) is 4.52. The fourth-order valence-electron chi connectivity index (χ4n) is 0.161. The fraction of sp³-hybridized carbons (Fsp3) is 1.00. The highest BCUT2D eigenvalue weighted by atomic mass is 127. The highest BCUT2D eigenvalue weighted by Crippen LogP contribution is 2.55. The average molecular weight is 418 g/mol. The third-order valence-corrected chi connectivity index (χ3v) is 4.82. The van der Waals surface area contributed by atoms with E-state index in [2.05, 4.69) is 0 Å². The second-order valence-electron chi connectivity index (χ2n) is 1.57. The van der Waals surface area contributed by atoms with Gasteiger partial charge in [-0.2, -0.15) is 22.0 Å². The molecule has 0 saturated heterocycles. The smallest absolute Gasteiger partial charge is 0.191 e. The van der Waals surface area contributed by atoms with Gasteiger partial charge < -0.3 is 0 Å². The lowest BCUT2D eigenvalue weighted by Gasteiger charge is -2.27. The van der Waals surface area contributed by atoms with E-state index in [9.17, 15) is 22.0 Å². The molecule has 0 aromatic carbocycles. The number of hydrogen-bond acceptors (Lipinski definition) is 0. The fourth-order valence-corrected chi connectivity index (χ4v) is 0.386. The Morgan fingerprint density at radius 3 is 1.18 bits per heavy atom. The maximum Gasteiger partial charge on any atom is 0.419 e. The van der Waals surface area contributed by atoms with E-state index in [4.69, 9.17) is 0 Å². The summed E-state index contributed by atoms with van der Waals surface area (Å²) in [6.07, 6.45) is -5.01. The third kappa shape index (κ3) is 2.64. The van der Waals surface area contributed by atoms with Gasteiger partial charge in [-0.05, 0) is 38.5 Å². The predicted molar refractivity (Wildman–Crippen MR) is 45.6 cm³/mol. The molecule has 0 aliphatic heterocycles.